The fourth-order valence-electron chi connectivity index (χ4n) is 2.74. The van der Waals surface area contributed by atoms with Crippen molar-refractivity contribution in [3.63, 3.8) is 0 Å². The molecule has 0 unspecified atom stereocenters. The molecule has 8 heteroatoms. The van der Waals surface area contributed by atoms with E-state index < -0.39 is 0 Å². The van der Waals surface area contributed by atoms with E-state index in [9.17, 15) is 9.59 Å². The van der Waals surface area contributed by atoms with Crippen molar-refractivity contribution < 1.29 is 5.11 Å². The third-order valence-corrected chi connectivity index (χ3v) is 3.79. The number of aryl methyl sites for hydroxylation is 2. The fourth-order valence-corrected chi connectivity index (χ4v) is 2.74. The smallest absolute Gasteiger partial charge is 0.332 e. The first kappa shape index (κ1) is 12.9. The van der Waals surface area contributed by atoms with Crippen LogP contribution in [0.15, 0.2) is 9.59 Å². The van der Waals surface area contributed by atoms with Gasteiger partial charge in [0.15, 0.2) is 11.2 Å². The van der Waals surface area contributed by atoms with E-state index in [1.54, 1.807) is 7.05 Å². The molecule has 2 aromatic rings. The van der Waals surface area contributed by atoms with Crippen LogP contribution in [0, 0.1) is 0 Å². The molecule has 0 saturated heterocycles. The van der Waals surface area contributed by atoms with Crippen LogP contribution in [0.4, 0.5) is 5.95 Å². The van der Waals surface area contributed by atoms with Crippen molar-refractivity contribution in [2.75, 3.05) is 24.6 Å². The highest BCUT2D eigenvalue weighted by atomic mass is 16.3. The van der Waals surface area contributed by atoms with Crippen LogP contribution in [-0.4, -0.2) is 43.5 Å². The molecule has 1 aliphatic rings. The first-order valence-electron chi connectivity index (χ1n) is 6.58. The Morgan fingerprint density at radius 3 is 2.65 bits per heavy atom. The SMILES string of the molecule is Cn1c(=O)c2c(nc3n2CCCN3CCO)n(C)c1=O. The number of rotatable bonds is 2. The Morgan fingerprint density at radius 2 is 1.95 bits per heavy atom. The largest absolute Gasteiger partial charge is 0.395 e. The van der Waals surface area contributed by atoms with Crippen LogP contribution in [0.25, 0.3) is 11.2 Å². The number of anilines is 1. The second kappa shape index (κ2) is 4.48. The van der Waals surface area contributed by atoms with E-state index in [4.69, 9.17) is 5.11 Å². The van der Waals surface area contributed by atoms with Gasteiger partial charge in [-0.3, -0.25) is 13.9 Å². The molecule has 0 aliphatic carbocycles. The van der Waals surface area contributed by atoms with E-state index in [0.717, 1.165) is 17.5 Å². The predicted octanol–water partition coefficient (Wildman–Crippen LogP) is -1.36. The number of aliphatic hydroxyl groups is 1. The molecule has 0 aromatic carbocycles. The molecule has 1 aliphatic heterocycles. The summed E-state index contributed by atoms with van der Waals surface area (Å²) in [5.74, 6) is 0.651. The summed E-state index contributed by atoms with van der Waals surface area (Å²) >= 11 is 0. The number of fused-ring (bicyclic) bond motifs is 3. The molecule has 3 heterocycles. The third-order valence-electron chi connectivity index (χ3n) is 3.79. The average molecular weight is 279 g/mol. The maximum atomic E-state index is 12.3. The lowest BCUT2D eigenvalue weighted by Crippen LogP contribution is -2.38. The minimum atomic E-state index is -0.383. The Hall–Kier alpha value is -2.09. The topological polar surface area (TPSA) is 85.3 Å². The number of β-amino-alcohol motifs (C(OH)–C–C–N with tert-alkyl or cyclic N) is 1. The van der Waals surface area contributed by atoms with Crippen LogP contribution in [0.5, 0.6) is 0 Å². The maximum absolute atomic E-state index is 12.3. The van der Waals surface area contributed by atoms with Crippen LogP contribution in [-0.2, 0) is 20.6 Å². The van der Waals surface area contributed by atoms with E-state index in [-0.39, 0.29) is 17.9 Å². The molecule has 0 fully saturated rings. The predicted molar refractivity (Wildman–Crippen MR) is 74.1 cm³/mol. The van der Waals surface area contributed by atoms with Gasteiger partial charge in [0.1, 0.15) is 0 Å². The molecule has 0 bridgehead atoms. The van der Waals surface area contributed by atoms with Gasteiger partial charge in [-0.2, -0.15) is 4.98 Å². The van der Waals surface area contributed by atoms with Crippen LogP contribution >= 0.6 is 0 Å². The van der Waals surface area contributed by atoms with Crippen molar-refractivity contribution in [3.8, 4) is 0 Å². The number of aliphatic hydroxyl groups excluding tert-OH is 1. The van der Waals surface area contributed by atoms with Gasteiger partial charge < -0.3 is 14.6 Å². The van der Waals surface area contributed by atoms with Gasteiger partial charge in [0.05, 0.1) is 6.61 Å². The lowest BCUT2D eigenvalue weighted by molar-refractivity contribution is 0.298. The summed E-state index contributed by atoms with van der Waals surface area (Å²) in [6.07, 6.45) is 0.879. The highest BCUT2D eigenvalue weighted by Crippen LogP contribution is 2.23. The first-order valence-corrected chi connectivity index (χ1v) is 6.58. The molecular weight excluding hydrogens is 262 g/mol. The van der Waals surface area contributed by atoms with E-state index in [1.807, 2.05) is 9.47 Å². The normalized spacial score (nSPS) is 14.8. The lowest BCUT2D eigenvalue weighted by Gasteiger charge is -2.28. The summed E-state index contributed by atoms with van der Waals surface area (Å²) < 4.78 is 4.33. The highest BCUT2D eigenvalue weighted by Gasteiger charge is 2.24. The van der Waals surface area contributed by atoms with E-state index in [2.05, 4.69) is 4.98 Å². The van der Waals surface area contributed by atoms with Crippen LogP contribution in [0.3, 0.4) is 0 Å². The molecule has 0 radical (unpaired) electrons. The second-order valence-corrected chi connectivity index (χ2v) is 5.01. The van der Waals surface area contributed by atoms with Gasteiger partial charge in [0.2, 0.25) is 5.95 Å². The summed E-state index contributed by atoms with van der Waals surface area (Å²) in [5.41, 5.74) is 0.143. The van der Waals surface area contributed by atoms with E-state index in [0.29, 0.717) is 30.2 Å². The summed E-state index contributed by atoms with van der Waals surface area (Å²) in [6, 6.07) is 0. The van der Waals surface area contributed by atoms with Gasteiger partial charge in [-0.15, -0.1) is 0 Å². The number of imidazole rings is 1. The summed E-state index contributed by atoms with van der Waals surface area (Å²) in [6.45, 7) is 1.98. The zero-order valence-electron chi connectivity index (χ0n) is 11.5. The Bertz CT molecular complexity index is 785. The molecular formula is C12H17N5O3. The zero-order chi connectivity index (χ0) is 14.4. The lowest BCUT2D eigenvalue weighted by atomic mass is 10.3. The van der Waals surface area contributed by atoms with Crippen molar-refractivity contribution in [3.05, 3.63) is 20.8 Å². The fraction of sp³-hybridized carbons (Fsp3) is 0.583. The van der Waals surface area contributed by atoms with E-state index in [1.165, 1.54) is 11.6 Å². The molecule has 20 heavy (non-hydrogen) atoms. The monoisotopic (exact) mass is 279 g/mol. The van der Waals surface area contributed by atoms with Gasteiger partial charge in [-0.1, -0.05) is 0 Å². The highest BCUT2D eigenvalue weighted by molar-refractivity contribution is 5.74. The van der Waals surface area contributed by atoms with Crippen molar-refractivity contribution in [2.24, 2.45) is 14.1 Å². The summed E-state index contributed by atoms with van der Waals surface area (Å²) in [7, 11) is 3.08. The molecule has 0 spiro atoms. The Balaban J connectivity index is 2.37. The molecule has 2 aromatic heterocycles. The van der Waals surface area contributed by atoms with Crippen LogP contribution < -0.4 is 16.1 Å². The molecule has 1 N–H and O–H groups in total. The van der Waals surface area contributed by atoms with Gasteiger partial charge in [0, 0.05) is 33.7 Å². The molecule has 3 rings (SSSR count). The van der Waals surface area contributed by atoms with Gasteiger partial charge in [0.25, 0.3) is 5.56 Å². The third kappa shape index (κ3) is 1.61. The Morgan fingerprint density at radius 1 is 1.20 bits per heavy atom. The van der Waals surface area contributed by atoms with Crippen LogP contribution in [0.2, 0.25) is 0 Å². The Labute approximate surface area is 114 Å². The van der Waals surface area contributed by atoms with E-state index >= 15 is 0 Å². The zero-order valence-corrected chi connectivity index (χ0v) is 11.5. The maximum Gasteiger partial charge on any atom is 0.332 e. The summed E-state index contributed by atoms with van der Waals surface area (Å²) in [5, 5.41) is 9.12. The van der Waals surface area contributed by atoms with Gasteiger partial charge in [-0.25, -0.2) is 4.79 Å². The van der Waals surface area contributed by atoms with Gasteiger partial charge >= 0.3 is 5.69 Å². The molecule has 108 valence electrons. The standard InChI is InChI=1S/C12H17N5O3/c1-14-9-8(10(19)15(2)12(14)20)17-5-3-4-16(6-7-18)11(17)13-9/h18H,3-7H2,1-2H3. The van der Waals surface area contributed by atoms with Crippen molar-refractivity contribution in [1.29, 1.82) is 0 Å². The van der Waals surface area contributed by atoms with Gasteiger partial charge in [-0.05, 0) is 6.42 Å². The van der Waals surface area contributed by atoms with Crippen molar-refractivity contribution >= 4 is 17.1 Å². The number of hydrogen-bond donors (Lipinski definition) is 1. The quantitative estimate of drug-likeness (QED) is 0.733. The average Bonchev–Trinajstić information content (AvgIpc) is 2.84. The van der Waals surface area contributed by atoms with Crippen molar-refractivity contribution in [2.45, 2.75) is 13.0 Å². The second-order valence-electron chi connectivity index (χ2n) is 5.01. The Kier molecular flexibility index (Phi) is 2.89. The minimum absolute atomic E-state index is 0.0279. The first-order chi connectivity index (χ1) is 9.56. The number of hydrogen-bond acceptors (Lipinski definition) is 5. The molecule has 0 saturated carbocycles. The molecule has 0 amide bonds. The molecule has 8 nitrogen and oxygen atoms in total. The minimum Gasteiger partial charge on any atom is -0.395 e. The number of nitrogens with zero attached hydrogens (tertiary/aromatic N) is 5. The van der Waals surface area contributed by atoms with Crippen molar-refractivity contribution in [1.82, 2.24) is 18.7 Å². The summed E-state index contributed by atoms with van der Waals surface area (Å²) in [4.78, 5) is 30.6. The van der Waals surface area contributed by atoms with Crippen LogP contribution in [0.1, 0.15) is 6.42 Å². The number of aromatic nitrogens is 4. The molecule has 0 atom stereocenters.